The van der Waals surface area contributed by atoms with Crippen LogP contribution in [0.1, 0.15) is 5.56 Å². The highest BCUT2D eigenvalue weighted by Gasteiger charge is 2.16. The SMILES string of the molecule is COc1cccc(S(C)(=O)=O)c1CCO. The summed E-state index contributed by atoms with van der Waals surface area (Å²) >= 11 is 0. The smallest absolute Gasteiger partial charge is 0.175 e. The Bertz CT molecular complexity index is 437. The molecule has 1 N–H and O–H groups in total. The van der Waals surface area contributed by atoms with Crippen molar-refractivity contribution in [2.24, 2.45) is 0 Å². The number of hydrogen-bond donors (Lipinski definition) is 1. The van der Waals surface area contributed by atoms with Crippen LogP contribution in [0.15, 0.2) is 23.1 Å². The highest BCUT2D eigenvalue weighted by Crippen LogP contribution is 2.26. The second kappa shape index (κ2) is 4.63. The van der Waals surface area contributed by atoms with Crippen molar-refractivity contribution in [1.82, 2.24) is 0 Å². The van der Waals surface area contributed by atoms with Crippen LogP contribution in [-0.2, 0) is 16.3 Å². The van der Waals surface area contributed by atoms with Gasteiger partial charge in [0.15, 0.2) is 9.84 Å². The molecule has 0 fully saturated rings. The molecule has 0 saturated heterocycles. The molecule has 0 spiro atoms. The molecular weight excluding hydrogens is 216 g/mol. The molecule has 0 atom stereocenters. The largest absolute Gasteiger partial charge is 0.496 e. The third kappa shape index (κ3) is 2.70. The summed E-state index contributed by atoms with van der Waals surface area (Å²) in [5.41, 5.74) is 0.532. The number of hydrogen-bond acceptors (Lipinski definition) is 4. The van der Waals surface area contributed by atoms with E-state index >= 15 is 0 Å². The highest BCUT2D eigenvalue weighted by atomic mass is 32.2. The number of benzene rings is 1. The van der Waals surface area contributed by atoms with E-state index in [1.807, 2.05) is 0 Å². The summed E-state index contributed by atoms with van der Waals surface area (Å²) in [4.78, 5) is 0.218. The number of aliphatic hydroxyl groups is 1. The Labute approximate surface area is 89.4 Å². The minimum absolute atomic E-state index is 0.108. The Morgan fingerprint density at radius 3 is 2.53 bits per heavy atom. The fourth-order valence-electron chi connectivity index (χ4n) is 1.44. The zero-order valence-corrected chi connectivity index (χ0v) is 9.54. The van der Waals surface area contributed by atoms with Gasteiger partial charge in [-0.1, -0.05) is 6.07 Å². The standard InChI is InChI=1S/C10H14O4S/c1-14-9-4-3-5-10(15(2,12)13)8(9)6-7-11/h3-5,11H,6-7H2,1-2H3. The zero-order valence-electron chi connectivity index (χ0n) is 8.73. The van der Waals surface area contributed by atoms with E-state index in [2.05, 4.69) is 0 Å². The zero-order chi connectivity index (χ0) is 11.5. The monoisotopic (exact) mass is 230 g/mol. The predicted octanol–water partition coefficient (Wildman–Crippen LogP) is 0.633. The van der Waals surface area contributed by atoms with E-state index in [0.717, 1.165) is 6.26 Å². The number of sulfone groups is 1. The first-order chi connectivity index (χ1) is 7.00. The molecule has 0 amide bonds. The van der Waals surface area contributed by atoms with Crippen LogP contribution in [0.25, 0.3) is 0 Å². The number of methoxy groups -OCH3 is 1. The first-order valence-corrected chi connectivity index (χ1v) is 6.36. The van der Waals surface area contributed by atoms with Gasteiger partial charge in [-0.3, -0.25) is 0 Å². The Kier molecular flexibility index (Phi) is 3.71. The molecule has 1 aromatic rings. The molecule has 0 aliphatic rings. The van der Waals surface area contributed by atoms with Crippen LogP contribution in [0.3, 0.4) is 0 Å². The minimum Gasteiger partial charge on any atom is -0.496 e. The van der Waals surface area contributed by atoms with E-state index in [1.54, 1.807) is 12.1 Å². The molecule has 0 aliphatic heterocycles. The van der Waals surface area contributed by atoms with Gasteiger partial charge in [0.1, 0.15) is 5.75 Å². The van der Waals surface area contributed by atoms with Gasteiger partial charge in [-0.25, -0.2) is 8.42 Å². The average molecular weight is 230 g/mol. The molecule has 0 radical (unpaired) electrons. The lowest BCUT2D eigenvalue weighted by Gasteiger charge is -2.11. The third-order valence-corrected chi connectivity index (χ3v) is 3.25. The Morgan fingerprint density at radius 2 is 2.07 bits per heavy atom. The van der Waals surface area contributed by atoms with Gasteiger partial charge >= 0.3 is 0 Å². The molecule has 0 aliphatic carbocycles. The van der Waals surface area contributed by atoms with Crippen molar-refractivity contribution in [1.29, 1.82) is 0 Å². The molecule has 84 valence electrons. The molecule has 1 rings (SSSR count). The summed E-state index contributed by atoms with van der Waals surface area (Å²) in [6.07, 6.45) is 1.41. The Hall–Kier alpha value is -1.07. The van der Waals surface area contributed by atoms with Crippen molar-refractivity contribution in [3.05, 3.63) is 23.8 Å². The van der Waals surface area contributed by atoms with E-state index in [4.69, 9.17) is 9.84 Å². The summed E-state index contributed by atoms with van der Waals surface area (Å²) in [6.45, 7) is -0.108. The summed E-state index contributed by atoms with van der Waals surface area (Å²) in [6, 6.07) is 4.82. The first-order valence-electron chi connectivity index (χ1n) is 4.47. The van der Waals surface area contributed by atoms with Gasteiger partial charge in [0.2, 0.25) is 0 Å². The van der Waals surface area contributed by atoms with Gasteiger partial charge in [-0.2, -0.15) is 0 Å². The van der Waals surface area contributed by atoms with Crippen LogP contribution in [0.5, 0.6) is 5.75 Å². The summed E-state index contributed by atoms with van der Waals surface area (Å²) in [5.74, 6) is 0.493. The van der Waals surface area contributed by atoms with E-state index in [0.29, 0.717) is 11.3 Å². The van der Waals surface area contributed by atoms with Crippen LogP contribution >= 0.6 is 0 Å². The van der Waals surface area contributed by atoms with Crippen molar-refractivity contribution in [3.8, 4) is 5.75 Å². The quantitative estimate of drug-likeness (QED) is 0.824. The highest BCUT2D eigenvalue weighted by molar-refractivity contribution is 7.90. The van der Waals surface area contributed by atoms with Crippen LogP contribution in [0.2, 0.25) is 0 Å². The van der Waals surface area contributed by atoms with Gasteiger partial charge in [-0.05, 0) is 12.1 Å². The molecule has 0 unspecified atom stereocenters. The van der Waals surface area contributed by atoms with E-state index in [9.17, 15) is 8.42 Å². The fourth-order valence-corrected chi connectivity index (χ4v) is 2.42. The van der Waals surface area contributed by atoms with Gasteiger partial charge < -0.3 is 9.84 Å². The van der Waals surface area contributed by atoms with Crippen molar-refractivity contribution in [3.63, 3.8) is 0 Å². The molecule has 0 saturated carbocycles. The minimum atomic E-state index is -3.28. The lowest BCUT2D eigenvalue weighted by atomic mass is 10.1. The van der Waals surface area contributed by atoms with Gasteiger partial charge in [-0.15, -0.1) is 0 Å². The molecule has 4 nitrogen and oxygen atoms in total. The van der Waals surface area contributed by atoms with Crippen LogP contribution in [0.4, 0.5) is 0 Å². The number of ether oxygens (including phenoxy) is 1. The molecular formula is C10H14O4S. The van der Waals surface area contributed by atoms with E-state index < -0.39 is 9.84 Å². The fraction of sp³-hybridized carbons (Fsp3) is 0.400. The summed E-state index contributed by atoms with van der Waals surface area (Å²) in [5, 5.41) is 8.88. The number of rotatable bonds is 4. The maximum absolute atomic E-state index is 11.5. The average Bonchev–Trinajstić information content (AvgIpc) is 2.17. The molecule has 0 aromatic heterocycles. The van der Waals surface area contributed by atoms with Gasteiger partial charge in [0.05, 0.1) is 12.0 Å². The normalized spacial score (nSPS) is 11.4. The molecule has 1 aromatic carbocycles. The maximum atomic E-state index is 11.5. The first kappa shape index (κ1) is 12.0. The van der Waals surface area contributed by atoms with Crippen molar-refractivity contribution in [2.45, 2.75) is 11.3 Å². The maximum Gasteiger partial charge on any atom is 0.175 e. The molecule has 5 heteroatoms. The second-order valence-corrected chi connectivity index (χ2v) is 5.17. The molecule has 0 bridgehead atoms. The predicted molar refractivity (Wildman–Crippen MR) is 56.9 cm³/mol. The lowest BCUT2D eigenvalue weighted by molar-refractivity contribution is 0.295. The molecule has 0 heterocycles. The van der Waals surface area contributed by atoms with E-state index in [-0.39, 0.29) is 17.9 Å². The van der Waals surface area contributed by atoms with Gasteiger partial charge in [0.25, 0.3) is 0 Å². The van der Waals surface area contributed by atoms with Crippen molar-refractivity contribution < 1.29 is 18.3 Å². The summed E-state index contributed by atoms with van der Waals surface area (Å²) < 4.78 is 28.0. The van der Waals surface area contributed by atoms with Crippen molar-refractivity contribution in [2.75, 3.05) is 20.0 Å². The Balaban J connectivity index is 3.38. The van der Waals surface area contributed by atoms with E-state index in [1.165, 1.54) is 13.2 Å². The van der Waals surface area contributed by atoms with Crippen molar-refractivity contribution >= 4 is 9.84 Å². The van der Waals surface area contributed by atoms with Crippen LogP contribution < -0.4 is 4.74 Å². The lowest BCUT2D eigenvalue weighted by Crippen LogP contribution is -2.06. The topological polar surface area (TPSA) is 63.6 Å². The summed E-state index contributed by atoms with van der Waals surface area (Å²) in [7, 11) is -1.80. The third-order valence-electron chi connectivity index (χ3n) is 2.07. The second-order valence-electron chi connectivity index (χ2n) is 3.18. The van der Waals surface area contributed by atoms with Gasteiger partial charge in [0, 0.05) is 24.8 Å². The van der Waals surface area contributed by atoms with Crippen LogP contribution in [0, 0.1) is 0 Å². The molecule has 15 heavy (non-hydrogen) atoms. The number of aliphatic hydroxyl groups excluding tert-OH is 1. The Morgan fingerprint density at radius 1 is 1.40 bits per heavy atom. The van der Waals surface area contributed by atoms with Crippen LogP contribution in [-0.4, -0.2) is 33.5 Å².